The number of nitrogens with zero attached hydrogens (tertiary/aromatic N) is 1. The van der Waals surface area contributed by atoms with Crippen LogP contribution in [0.4, 0.5) is 0 Å². The maximum atomic E-state index is 8.72. The lowest BCUT2D eigenvalue weighted by Crippen LogP contribution is -1.86. The van der Waals surface area contributed by atoms with E-state index in [4.69, 9.17) is 29.7 Å². The summed E-state index contributed by atoms with van der Waals surface area (Å²) in [5.74, 6) is 0. The van der Waals surface area contributed by atoms with Crippen molar-refractivity contribution in [3.8, 4) is 6.07 Å². The van der Waals surface area contributed by atoms with Crippen molar-refractivity contribution in [1.82, 2.24) is 9.97 Å². The second-order valence-corrected chi connectivity index (χ2v) is 3.60. The third-order valence-corrected chi connectivity index (χ3v) is 2.39. The van der Waals surface area contributed by atoms with Crippen LogP contribution in [0.5, 0.6) is 0 Å². The van der Waals surface area contributed by atoms with Gasteiger partial charge in [-0.2, -0.15) is 5.26 Å². The van der Waals surface area contributed by atoms with Crippen LogP contribution in [0.25, 0.3) is 10.9 Å². The van der Waals surface area contributed by atoms with Gasteiger partial charge in [-0.15, -0.1) is 0 Å². The van der Waals surface area contributed by atoms with Crippen LogP contribution >= 0.6 is 24.4 Å². The molecule has 0 bridgehead atoms. The van der Waals surface area contributed by atoms with Crippen molar-refractivity contribution in [3.63, 3.8) is 0 Å². The number of aromatic nitrogens is 2. The molecular formula is C9H5N3S2. The lowest BCUT2D eigenvalue weighted by atomic mass is 10.2. The molecule has 0 aliphatic carbocycles. The first-order valence-electron chi connectivity index (χ1n) is 3.87. The van der Waals surface area contributed by atoms with E-state index in [1.54, 1.807) is 18.2 Å². The molecule has 0 atom stereocenters. The predicted octanol–water partition coefficient (Wildman–Crippen LogP) is 2.83. The van der Waals surface area contributed by atoms with Gasteiger partial charge in [0.25, 0.3) is 0 Å². The standard InChI is InChI=1S/C9H5N3S2/c10-4-5-1-2-7-6(3-5)8(13)12-9(14)11-7/h1-3H,(H2,11,12,13,14). The zero-order valence-corrected chi connectivity index (χ0v) is 8.63. The molecule has 2 aromatic rings. The molecule has 0 saturated heterocycles. The smallest absolute Gasteiger partial charge is 0.175 e. The van der Waals surface area contributed by atoms with Gasteiger partial charge in [-0.1, -0.05) is 12.2 Å². The highest BCUT2D eigenvalue weighted by atomic mass is 32.1. The molecule has 0 saturated carbocycles. The van der Waals surface area contributed by atoms with Crippen LogP contribution in [-0.2, 0) is 0 Å². The maximum Gasteiger partial charge on any atom is 0.175 e. The number of nitriles is 1. The van der Waals surface area contributed by atoms with Gasteiger partial charge in [0.05, 0.1) is 17.1 Å². The van der Waals surface area contributed by atoms with Crippen LogP contribution in [-0.4, -0.2) is 9.97 Å². The highest BCUT2D eigenvalue weighted by Crippen LogP contribution is 2.13. The molecule has 0 radical (unpaired) electrons. The van der Waals surface area contributed by atoms with E-state index < -0.39 is 0 Å². The molecule has 0 fully saturated rings. The minimum Gasteiger partial charge on any atom is -0.332 e. The summed E-state index contributed by atoms with van der Waals surface area (Å²) in [5.41, 5.74) is 1.43. The Bertz CT molecular complexity index is 645. The van der Waals surface area contributed by atoms with Crippen molar-refractivity contribution in [2.45, 2.75) is 0 Å². The first kappa shape index (κ1) is 9.06. The predicted molar refractivity (Wildman–Crippen MR) is 59.0 cm³/mol. The average molecular weight is 219 g/mol. The number of H-pyrrole nitrogens is 2. The maximum absolute atomic E-state index is 8.72. The molecule has 1 aromatic carbocycles. The molecule has 68 valence electrons. The van der Waals surface area contributed by atoms with Gasteiger partial charge >= 0.3 is 0 Å². The van der Waals surface area contributed by atoms with E-state index in [0.29, 0.717) is 15.0 Å². The Morgan fingerprint density at radius 3 is 2.71 bits per heavy atom. The zero-order valence-electron chi connectivity index (χ0n) is 7.00. The quantitative estimate of drug-likeness (QED) is 0.670. The first-order chi connectivity index (χ1) is 6.70. The molecule has 2 rings (SSSR count). The van der Waals surface area contributed by atoms with Gasteiger partial charge in [-0.3, -0.25) is 0 Å². The number of rotatable bonds is 0. The molecule has 1 heterocycles. The highest BCUT2D eigenvalue weighted by Gasteiger charge is 1.97. The summed E-state index contributed by atoms with van der Waals surface area (Å²) in [4.78, 5) is 5.79. The van der Waals surface area contributed by atoms with Crippen molar-refractivity contribution in [2.75, 3.05) is 0 Å². The number of aromatic amines is 2. The molecule has 1 aromatic heterocycles. The number of hydrogen-bond acceptors (Lipinski definition) is 3. The third kappa shape index (κ3) is 1.45. The monoisotopic (exact) mass is 219 g/mol. The molecule has 5 heteroatoms. The zero-order chi connectivity index (χ0) is 10.1. The van der Waals surface area contributed by atoms with Crippen molar-refractivity contribution < 1.29 is 0 Å². The lowest BCUT2D eigenvalue weighted by molar-refractivity contribution is 1.17. The summed E-state index contributed by atoms with van der Waals surface area (Å²) < 4.78 is 1.05. The van der Waals surface area contributed by atoms with E-state index in [1.165, 1.54) is 0 Å². The second-order valence-electron chi connectivity index (χ2n) is 2.78. The molecule has 0 amide bonds. The fourth-order valence-corrected chi connectivity index (χ4v) is 1.78. The van der Waals surface area contributed by atoms with Crippen LogP contribution in [0.1, 0.15) is 5.56 Å². The van der Waals surface area contributed by atoms with Crippen molar-refractivity contribution >= 4 is 35.3 Å². The Labute approximate surface area is 90.0 Å². The van der Waals surface area contributed by atoms with Gasteiger partial charge in [0.2, 0.25) is 0 Å². The van der Waals surface area contributed by atoms with Gasteiger partial charge in [0.15, 0.2) is 4.77 Å². The van der Waals surface area contributed by atoms with E-state index in [2.05, 4.69) is 16.0 Å². The fourth-order valence-electron chi connectivity index (χ4n) is 1.23. The number of fused-ring (bicyclic) bond motifs is 1. The summed E-state index contributed by atoms with van der Waals surface area (Å²) in [6, 6.07) is 7.32. The van der Waals surface area contributed by atoms with Gasteiger partial charge in [0.1, 0.15) is 4.64 Å². The van der Waals surface area contributed by atoms with Crippen LogP contribution in [0, 0.1) is 20.7 Å². The minimum absolute atomic E-state index is 0.493. The molecule has 0 unspecified atom stereocenters. The van der Waals surface area contributed by atoms with E-state index in [-0.39, 0.29) is 0 Å². The number of nitrogens with one attached hydrogen (secondary N) is 2. The topological polar surface area (TPSA) is 55.4 Å². The van der Waals surface area contributed by atoms with Crippen molar-refractivity contribution in [2.24, 2.45) is 0 Å². The summed E-state index contributed by atoms with van der Waals surface area (Å²) in [6.07, 6.45) is 0. The van der Waals surface area contributed by atoms with Gasteiger partial charge in [-0.05, 0) is 30.4 Å². The van der Waals surface area contributed by atoms with E-state index in [9.17, 15) is 0 Å². The minimum atomic E-state index is 0.493. The van der Waals surface area contributed by atoms with Crippen LogP contribution in [0.2, 0.25) is 0 Å². The Kier molecular flexibility index (Phi) is 2.15. The van der Waals surface area contributed by atoms with Crippen molar-refractivity contribution in [1.29, 1.82) is 5.26 Å². The van der Waals surface area contributed by atoms with Gasteiger partial charge in [-0.25, -0.2) is 0 Å². The largest absolute Gasteiger partial charge is 0.332 e. The number of benzene rings is 1. The second kappa shape index (κ2) is 3.33. The Morgan fingerprint density at radius 1 is 1.21 bits per heavy atom. The lowest BCUT2D eigenvalue weighted by Gasteiger charge is -1.98. The SMILES string of the molecule is N#Cc1ccc2[nH]c(=S)[nH]c(=S)c2c1. The van der Waals surface area contributed by atoms with Gasteiger partial charge < -0.3 is 9.97 Å². The van der Waals surface area contributed by atoms with Gasteiger partial charge in [0, 0.05) is 5.39 Å². The Balaban J connectivity index is 2.98. The molecule has 3 nitrogen and oxygen atoms in total. The van der Waals surface area contributed by atoms with Crippen LogP contribution in [0.15, 0.2) is 18.2 Å². The fraction of sp³-hybridized carbons (Fsp3) is 0. The van der Waals surface area contributed by atoms with Crippen molar-refractivity contribution in [3.05, 3.63) is 33.2 Å². The number of hydrogen-bond donors (Lipinski definition) is 2. The Morgan fingerprint density at radius 2 is 2.00 bits per heavy atom. The molecule has 0 spiro atoms. The molecular weight excluding hydrogens is 214 g/mol. The first-order valence-corrected chi connectivity index (χ1v) is 4.69. The average Bonchev–Trinajstić information content (AvgIpc) is 2.17. The van der Waals surface area contributed by atoms with E-state index >= 15 is 0 Å². The summed E-state index contributed by atoms with van der Waals surface area (Å²) in [7, 11) is 0. The summed E-state index contributed by atoms with van der Waals surface area (Å²) in [5, 5.41) is 9.53. The molecule has 2 N–H and O–H groups in total. The summed E-state index contributed by atoms with van der Waals surface area (Å²) >= 11 is 10.0. The van der Waals surface area contributed by atoms with E-state index in [1.807, 2.05) is 0 Å². The molecule has 0 aliphatic heterocycles. The summed E-state index contributed by atoms with van der Waals surface area (Å²) in [6.45, 7) is 0. The third-order valence-electron chi connectivity index (χ3n) is 1.87. The Hall–Kier alpha value is -1.51. The highest BCUT2D eigenvalue weighted by molar-refractivity contribution is 7.72. The van der Waals surface area contributed by atoms with Crippen LogP contribution in [0.3, 0.4) is 0 Å². The molecule has 0 aliphatic rings. The van der Waals surface area contributed by atoms with Crippen LogP contribution < -0.4 is 0 Å². The molecule has 14 heavy (non-hydrogen) atoms. The normalized spacial score (nSPS) is 9.93. The van der Waals surface area contributed by atoms with E-state index in [0.717, 1.165) is 10.9 Å².